The number of hydrogen-bond donors (Lipinski definition) is 0. The Morgan fingerprint density at radius 3 is 2.79 bits per heavy atom. The lowest BCUT2D eigenvalue weighted by Gasteiger charge is -2.04. The largest absolute Gasteiger partial charge is 0.465 e. The minimum Gasteiger partial charge on any atom is -0.465 e. The maximum Gasteiger partial charge on any atom is 0.344 e. The lowest BCUT2D eigenvalue weighted by molar-refractivity contribution is -0.385. The van der Waals surface area contributed by atoms with Crippen molar-refractivity contribution in [2.24, 2.45) is 0 Å². The molecule has 0 aliphatic carbocycles. The predicted octanol–water partition coefficient (Wildman–Crippen LogP) is 3.03. The van der Waals surface area contributed by atoms with Crippen LogP contribution in [0.3, 0.4) is 0 Å². The molecule has 0 saturated heterocycles. The highest BCUT2D eigenvalue weighted by atomic mass is 32.1. The van der Waals surface area contributed by atoms with Gasteiger partial charge in [0.1, 0.15) is 5.56 Å². The number of hydrogen-bond acceptors (Lipinski definition) is 5. The number of benzene rings is 1. The van der Waals surface area contributed by atoms with Crippen LogP contribution >= 0.6 is 11.3 Å². The van der Waals surface area contributed by atoms with Crippen molar-refractivity contribution in [3.8, 4) is 0 Å². The highest BCUT2D eigenvalue weighted by Gasteiger charge is 2.21. The van der Waals surface area contributed by atoms with Crippen LogP contribution in [-0.2, 0) is 11.2 Å². The maximum atomic E-state index is 11.4. The minimum atomic E-state index is -0.700. The van der Waals surface area contributed by atoms with E-state index in [9.17, 15) is 14.9 Å². The molecule has 6 heteroatoms. The SMILES string of the molecule is COC(=O)c1ccc(Cc2cccs2)cc1[N+](=O)[O-]. The Kier molecular flexibility index (Phi) is 3.91. The molecule has 0 unspecified atom stereocenters. The van der Waals surface area contributed by atoms with Gasteiger partial charge in [-0.1, -0.05) is 12.1 Å². The molecular weight excluding hydrogens is 266 g/mol. The van der Waals surface area contributed by atoms with Crippen LogP contribution in [0.1, 0.15) is 20.8 Å². The van der Waals surface area contributed by atoms with Crippen LogP contribution in [0.2, 0.25) is 0 Å². The summed E-state index contributed by atoms with van der Waals surface area (Å²) < 4.78 is 4.53. The van der Waals surface area contributed by atoms with Crippen molar-refractivity contribution in [1.82, 2.24) is 0 Å². The van der Waals surface area contributed by atoms with Crippen LogP contribution in [0.5, 0.6) is 0 Å². The summed E-state index contributed by atoms with van der Waals surface area (Å²) in [4.78, 5) is 23.0. The second kappa shape index (κ2) is 5.62. The van der Waals surface area contributed by atoms with Crippen LogP contribution in [0.25, 0.3) is 0 Å². The van der Waals surface area contributed by atoms with Crippen molar-refractivity contribution < 1.29 is 14.5 Å². The van der Waals surface area contributed by atoms with E-state index < -0.39 is 10.9 Å². The standard InChI is InChI=1S/C13H11NO4S/c1-18-13(15)11-5-4-9(8-12(11)14(16)17)7-10-3-2-6-19-10/h2-6,8H,7H2,1H3. The normalized spacial score (nSPS) is 10.2. The summed E-state index contributed by atoms with van der Waals surface area (Å²) >= 11 is 1.59. The fourth-order valence-electron chi connectivity index (χ4n) is 1.74. The quantitative estimate of drug-likeness (QED) is 0.489. The first-order valence-corrected chi connectivity index (χ1v) is 6.38. The first kappa shape index (κ1) is 13.2. The molecule has 1 aromatic carbocycles. The van der Waals surface area contributed by atoms with Crippen LogP contribution < -0.4 is 0 Å². The zero-order chi connectivity index (χ0) is 13.8. The van der Waals surface area contributed by atoms with Crippen molar-refractivity contribution >= 4 is 23.0 Å². The number of ether oxygens (including phenoxy) is 1. The highest BCUT2D eigenvalue weighted by molar-refractivity contribution is 7.09. The molecule has 0 aliphatic heterocycles. The first-order valence-electron chi connectivity index (χ1n) is 5.50. The first-order chi connectivity index (χ1) is 9.11. The molecule has 2 rings (SSSR count). The average Bonchev–Trinajstić information content (AvgIpc) is 2.90. The molecule has 19 heavy (non-hydrogen) atoms. The molecule has 0 fully saturated rings. The molecule has 2 aromatic rings. The number of nitro benzene ring substituents is 1. The van der Waals surface area contributed by atoms with Gasteiger partial charge in [-0.25, -0.2) is 4.79 Å². The van der Waals surface area contributed by atoms with Crippen molar-refractivity contribution in [2.75, 3.05) is 7.11 Å². The topological polar surface area (TPSA) is 69.4 Å². The monoisotopic (exact) mass is 277 g/mol. The van der Waals surface area contributed by atoms with E-state index in [1.165, 1.54) is 19.2 Å². The van der Waals surface area contributed by atoms with Gasteiger partial charge in [-0.15, -0.1) is 11.3 Å². The van der Waals surface area contributed by atoms with Gasteiger partial charge in [-0.3, -0.25) is 10.1 Å². The molecule has 0 bridgehead atoms. The van der Waals surface area contributed by atoms with E-state index in [4.69, 9.17) is 0 Å². The summed E-state index contributed by atoms with van der Waals surface area (Å²) in [5.74, 6) is -0.700. The van der Waals surface area contributed by atoms with E-state index in [2.05, 4.69) is 4.74 Å². The van der Waals surface area contributed by atoms with E-state index in [1.807, 2.05) is 17.5 Å². The van der Waals surface area contributed by atoms with Gasteiger partial charge in [-0.05, 0) is 23.1 Å². The van der Waals surface area contributed by atoms with Gasteiger partial charge < -0.3 is 4.74 Å². The number of thiophene rings is 1. The Morgan fingerprint density at radius 1 is 1.42 bits per heavy atom. The fraction of sp³-hybridized carbons (Fsp3) is 0.154. The van der Waals surface area contributed by atoms with Crippen molar-refractivity contribution in [3.63, 3.8) is 0 Å². The Morgan fingerprint density at radius 2 is 2.21 bits per heavy atom. The third kappa shape index (κ3) is 2.97. The maximum absolute atomic E-state index is 11.4. The third-order valence-electron chi connectivity index (χ3n) is 2.62. The van der Waals surface area contributed by atoms with E-state index in [0.29, 0.717) is 6.42 Å². The average molecular weight is 277 g/mol. The Bertz CT molecular complexity index is 607. The lowest BCUT2D eigenvalue weighted by Crippen LogP contribution is -2.06. The van der Waals surface area contributed by atoms with Crippen LogP contribution in [-0.4, -0.2) is 18.0 Å². The zero-order valence-electron chi connectivity index (χ0n) is 10.2. The smallest absolute Gasteiger partial charge is 0.344 e. The zero-order valence-corrected chi connectivity index (χ0v) is 11.0. The molecule has 0 amide bonds. The van der Waals surface area contributed by atoms with Crippen molar-refractivity contribution in [3.05, 3.63) is 61.8 Å². The molecule has 0 aliphatic rings. The summed E-state index contributed by atoms with van der Waals surface area (Å²) in [6.07, 6.45) is 0.611. The number of carbonyl (C=O) groups is 1. The predicted molar refractivity (Wildman–Crippen MR) is 71.6 cm³/mol. The van der Waals surface area contributed by atoms with E-state index >= 15 is 0 Å². The number of esters is 1. The van der Waals surface area contributed by atoms with E-state index in [1.54, 1.807) is 17.4 Å². The second-order valence-corrected chi connectivity index (χ2v) is 4.89. The van der Waals surface area contributed by atoms with Crippen LogP contribution in [0.4, 0.5) is 5.69 Å². The number of rotatable bonds is 4. The highest BCUT2D eigenvalue weighted by Crippen LogP contribution is 2.23. The molecule has 98 valence electrons. The van der Waals surface area contributed by atoms with Gasteiger partial charge in [-0.2, -0.15) is 0 Å². The number of nitrogens with zero attached hydrogens (tertiary/aromatic N) is 1. The molecule has 0 radical (unpaired) electrons. The molecule has 0 saturated carbocycles. The minimum absolute atomic E-state index is 0.0255. The lowest BCUT2D eigenvalue weighted by atomic mass is 10.1. The molecule has 0 N–H and O–H groups in total. The molecule has 5 nitrogen and oxygen atoms in total. The van der Waals surface area contributed by atoms with Gasteiger partial charge in [0, 0.05) is 17.4 Å². The van der Waals surface area contributed by atoms with Gasteiger partial charge in [0.2, 0.25) is 0 Å². The molecule has 0 spiro atoms. The number of carbonyl (C=O) groups excluding carboxylic acids is 1. The molecule has 1 heterocycles. The van der Waals surface area contributed by atoms with Gasteiger partial charge in [0.25, 0.3) is 5.69 Å². The summed E-state index contributed by atoms with van der Waals surface area (Å²) in [5.41, 5.74) is 0.546. The van der Waals surface area contributed by atoms with Gasteiger partial charge in [0.15, 0.2) is 0 Å². The third-order valence-corrected chi connectivity index (χ3v) is 3.50. The van der Waals surface area contributed by atoms with Gasteiger partial charge >= 0.3 is 5.97 Å². The molecular formula is C13H11NO4S. The Balaban J connectivity index is 2.36. The summed E-state index contributed by atoms with van der Waals surface area (Å²) in [6.45, 7) is 0. The molecule has 0 atom stereocenters. The summed E-state index contributed by atoms with van der Waals surface area (Å²) in [6, 6.07) is 8.46. The van der Waals surface area contributed by atoms with Crippen LogP contribution in [0, 0.1) is 10.1 Å². The van der Waals surface area contributed by atoms with Crippen LogP contribution in [0.15, 0.2) is 35.7 Å². The van der Waals surface area contributed by atoms with Crippen molar-refractivity contribution in [2.45, 2.75) is 6.42 Å². The Labute approximate surface area is 113 Å². The van der Waals surface area contributed by atoms with E-state index in [0.717, 1.165) is 10.4 Å². The summed E-state index contributed by atoms with van der Waals surface area (Å²) in [7, 11) is 1.20. The fourth-order valence-corrected chi connectivity index (χ4v) is 2.47. The summed E-state index contributed by atoms with van der Waals surface area (Å²) in [5, 5.41) is 12.9. The van der Waals surface area contributed by atoms with Crippen molar-refractivity contribution in [1.29, 1.82) is 0 Å². The second-order valence-electron chi connectivity index (χ2n) is 3.86. The number of methoxy groups -OCH3 is 1. The van der Waals surface area contributed by atoms with Gasteiger partial charge in [0.05, 0.1) is 12.0 Å². The number of nitro groups is 1. The molecule has 1 aromatic heterocycles. The Hall–Kier alpha value is -2.21. The van der Waals surface area contributed by atoms with E-state index in [-0.39, 0.29) is 11.3 Å².